The fourth-order valence-corrected chi connectivity index (χ4v) is 5.33. The van der Waals surface area contributed by atoms with Crippen molar-refractivity contribution in [2.24, 2.45) is 5.73 Å². The lowest BCUT2D eigenvalue weighted by molar-refractivity contribution is -0.130. The molecule has 2 aliphatic rings. The van der Waals surface area contributed by atoms with Gasteiger partial charge in [-0.25, -0.2) is 4.79 Å². The topological polar surface area (TPSA) is 117 Å². The van der Waals surface area contributed by atoms with Crippen LogP contribution in [0.3, 0.4) is 0 Å². The molecule has 9 heteroatoms. The molecule has 0 saturated carbocycles. The number of nitrogens with zero attached hydrogens (tertiary/aromatic N) is 2. The molecule has 0 radical (unpaired) electrons. The van der Waals surface area contributed by atoms with Gasteiger partial charge >= 0.3 is 6.03 Å². The predicted octanol–water partition coefficient (Wildman–Crippen LogP) is 3.60. The summed E-state index contributed by atoms with van der Waals surface area (Å²) in [6.45, 7) is 6.36. The molecular weight excluding hydrogens is 530 g/mol. The highest BCUT2D eigenvalue weighted by molar-refractivity contribution is 6.01. The molecular formula is C33H39N5O4. The van der Waals surface area contributed by atoms with E-state index in [0.29, 0.717) is 52.2 Å². The monoisotopic (exact) mass is 569 g/mol. The number of rotatable bonds is 7. The third-order valence-corrected chi connectivity index (χ3v) is 7.79. The summed E-state index contributed by atoms with van der Waals surface area (Å²) < 4.78 is 5.34. The molecule has 0 unspecified atom stereocenters. The lowest BCUT2D eigenvalue weighted by Gasteiger charge is -2.28. The summed E-state index contributed by atoms with van der Waals surface area (Å²) in [6.07, 6.45) is 1.18. The van der Waals surface area contributed by atoms with E-state index in [1.807, 2.05) is 72.8 Å². The number of para-hydroxylation sites is 1. The molecule has 1 fully saturated rings. The average Bonchev–Trinajstić information content (AvgIpc) is 3.13. The Bertz CT molecular complexity index is 1430. The number of hydrogen-bond donors (Lipinski definition) is 3. The molecule has 4 N–H and O–H groups in total. The van der Waals surface area contributed by atoms with Crippen LogP contribution < -0.4 is 21.3 Å². The van der Waals surface area contributed by atoms with Crippen LogP contribution in [0.2, 0.25) is 0 Å². The van der Waals surface area contributed by atoms with Gasteiger partial charge in [-0.3, -0.25) is 9.59 Å². The number of urea groups is 1. The number of ether oxygens (including phenoxy) is 1. The summed E-state index contributed by atoms with van der Waals surface area (Å²) >= 11 is 0. The second-order valence-corrected chi connectivity index (χ2v) is 11.5. The zero-order valence-electron chi connectivity index (χ0n) is 24.3. The number of nitrogens with one attached hydrogen (secondary N) is 2. The Balaban J connectivity index is 1.32. The fourth-order valence-electron chi connectivity index (χ4n) is 5.33. The molecule has 0 bridgehead atoms. The van der Waals surface area contributed by atoms with Gasteiger partial charge < -0.3 is 30.9 Å². The van der Waals surface area contributed by atoms with Gasteiger partial charge in [0.05, 0.1) is 25.3 Å². The molecule has 3 aromatic rings. The van der Waals surface area contributed by atoms with Crippen molar-refractivity contribution in [3.05, 3.63) is 89.5 Å². The van der Waals surface area contributed by atoms with E-state index < -0.39 is 11.6 Å². The molecule has 0 aromatic heterocycles. The van der Waals surface area contributed by atoms with Gasteiger partial charge in [0.25, 0.3) is 0 Å². The summed E-state index contributed by atoms with van der Waals surface area (Å²) in [4.78, 5) is 42.6. The smallest absolute Gasteiger partial charge is 0.317 e. The molecule has 0 aliphatic carbocycles. The number of anilines is 1. The minimum atomic E-state index is -1.08. The van der Waals surface area contributed by atoms with Crippen molar-refractivity contribution in [3.8, 4) is 11.1 Å². The molecule has 2 aliphatic heterocycles. The maximum atomic E-state index is 13.8. The summed E-state index contributed by atoms with van der Waals surface area (Å²) in [5.74, 6) is -0.501. The summed E-state index contributed by atoms with van der Waals surface area (Å²) in [5, 5.41) is 5.92. The van der Waals surface area contributed by atoms with Crippen molar-refractivity contribution in [1.82, 2.24) is 15.5 Å². The standard InChI is InChI=1S/C33H39N5O4/c1-33(2,34)31(40)36-28-16-15-25-7-4-6-10-29(25)38(30(28)39)22-23-11-13-24(14-12-23)27-9-5-3-8-26(27)21-35-32(41)37-17-19-42-20-18-37/h3-14,28H,15-22,34H2,1-2H3,(H,35,41)(H,36,40)/t28-/m1/s1. The molecule has 220 valence electrons. The maximum Gasteiger partial charge on any atom is 0.317 e. The summed E-state index contributed by atoms with van der Waals surface area (Å²) in [6, 6.07) is 23.3. The molecule has 4 amide bonds. The van der Waals surface area contributed by atoms with Gasteiger partial charge in [-0.2, -0.15) is 0 Å². The van der Waals surface area contributed by atoms with Gasteiger partial charge in [-0.1, -0.05) is 66.7 Å². The van der Waals surface area contributed by atoms with Crippen molar-refractivity contribution < 1.29 is 19.1 Å². The van der Waals surface area contributed by atoms with E-state index in [2.05, 4.69) is 10.6 Å². The second-order valence-electron chi connectivity index (χ2n) is 11.5. The number of hydrogen-bond acceptors (Lipinski definition) is 5. The minimum Gasteiger partial charge on any atom is -0.378 e. The van der Waals surface area contributed by atoms with Gasteiger partial charge in [-0.15, -0.1) is 0 Å². The molecule has 0 spiro atoms. The van der Waals surface area contributed by atoms with Gasteiger partial charge in [0.15, 0.2) is 0 Å². The van der Waals surface area contributed by atoms with Crippen LogP contribution in [0.5, 0.6) is 0 Å². The summed E-state index contributed by atoms with van der Waals surface area (Å²) in [7, 11) is 0. The van der Waals surface area contributed by atoms with E-state index in [4.69, 9.17) is 10.5 Å². The maximum absolute atomic E-state index is 13.8. The number of carbonyl (C=O) groups is 3. The van der Waals surface area contributed by atoms with Gasteiger partial charge in [-0.05, 0) is 60.6 Å². The first-order chi connectivity index (χ1) is 20.2. The number of benzene rings is 3. The Kier molecular flexibility index (Phi) is 8.89. The van der Waals surface area contributed by atoms with Crippen LogP contribution in [0, 0.1) is 0 Å². The fraction of sp³-hybridized carbons (Fsp3) is 0.364. The highest BCUT2D eigenvalue weighted by atomic mass is 16.5. The number of carbonyl (C=O) groups excluding carboxylic acids is 3. The van der Waals surface area contributed by atoms with Crippen LogP contribution in [0.4, 0.5) is 10.5 Å². The van der Waals surface area contributed by atoms with Crippen molar-refractivity contribution >= 4 is 23.5 Å². The Hall–Kier alpha value is -4.21. The molecule has 42 heavy (non-hydrogen) atoms. The third-order valence-electron chi connectivity index (χ3n) is 7.79. The Morgan fingerprint density at radius 1 is 0.976 bits per heavy atom. The average molecular weight is 570 g/mol. The number of morpholine rings is 1. The van der Waals surface area contributed by atoms with E-state index in [-0.39, 0.29) is 17.8 Å². The number of nitrogens with two attached hydrogens (primary N) is 1. The van der Waals surface area contributed by atoms with Crippen molar-refractivity contribution in [1.29, 1.82) is 0 Å². The Labute approximate surface area is 247 Å². The predicted molar refractivity (Wildman–Crippen MR) is 163 cm³/mol. The Morgan fingerprint density at radius 3 is 2.40 bits per heavy atom. The Morgan fingerprint density at radius 2 is 1.67 bits per heavy atom. The van der Waals surface area contributed by atoms with Crippen molar-refractivity contribution in [3.63, 3.8) is 0 Å². The van der Waals surface area contributed by atoms with E-state index in [1.165, 1.54) is 0 Å². The number of amides is 4. The SMILES string of the molecule is CC(C)(N)C(=O)N[C@@H]1CCc2ccccc2N(Cc2ccc(-c3ccccc3CNC(=O)N3CCOCC3)cc2)C1=O. The van der Waals surface area contributed by atoms with E-state index in [0.717, 1.165) is 33.5 Å². The molecule has 1 saturated heterocycles. The number of aryl methyl sites for hydroxylation is 1. The first-order valence-corrected chi connectivity index (χ1v) is 14.5. The lowest BCUT2D eigenvalue weighted by Crippen LogP contribution is -2.56. The summed E-state index contributed by atoms with van der Waals surface area (Å²) in [5.41, 5.74) is 10.9. The second kappa shape index (κ2) is 12.8. The van der Waals surface area contributed by atoms with Crippen molar-refractivity contribution in [2.75, 3.05) is 31.2 Å². The molecule has 5 rings (SSSR count). The largest absolute Gasteiger partial charge is 0.378 e. The highest BCUT2D eigenvalue weighted by Gasteiger charge is 2.34. The first kappa shape index (κ1) is 29.3. The lowest BCUT2D eigenvalue weighted by atomic mass is 9.98. The van der Waals surface area contributed by atoms with E-state index >= 15 is 0 Å². The van der Waals surface area contributed by atoms with Gasteiger partial charge in [0.2, 0.25) is 11.8 Å². The van der Waals surface area contributed by atoms with E-state index in [1.54, 1.807) is 23.6 Å². The van der Waals surface area contributed by atoms with Gasteiger partial charge in [0, 0.05) is 25.3 Å². The van der Waals surface area contributed by atoms with Gasteiger partial charge in [0.1, 0.15) is 6.04 Å². The van der Waals surface area contributed by atoms with E-state index in [9.17, 15) is 14.4 Å². The van der Waals surface area contributed by atoms with Crippen LogP contribution in [0.15, 0.2) is 72.8 Å². The normalized spacial score (nSPS) is 17.3. The van der Waals surface area contributed by atoms with Crippen LogP contribution in [0.25, 0.3) is 11.1 Å². The zero-order valence-corrected chi connectivity index (χ0v) is 24.3. The molecule has 9 nitrogen and oxygen atoms in total. The first-order valence-electron chi connectivity index (χ1n) is 14.5. The quantitative estimate of drug-likeness (QED) is 0.402. The van der Waals surface area contributed by atoms with Crippen molar-refractivity contribution in [2.45, 2.75) is 51.4 Å². The highest BCUT2D eigenvalue weighted by Crippen LogP contribution is 2.30. The minimum absolute atomic E-state index is 0.0876. The molecule has 3 aromatic carbocycles. The third kappa shape index (κ3) is 6.80. The van der Waals surface area contributed by atoms with Crippen LogP contribution >= 0.6 is 0 Å². The molecule has 2 heterocycles. The van der Waals surface area contributed by atoms with Crippen LogP contribution in [-0.2, 0) is 33.8 Å². The zero-order chi connectivity index (χ0) is 29.7. The van der Waals surface area contributed by atoms with Crippen LogP contribution in [-0.4, -0.2) is 60.6 Å². The number of fused-ring (bicyclic) bond motifs is 1. The van der Waals surface area contributed by atoms with Crippen LogP contribution in [0.1, 0.15) is 37.0 Å². The molecule has 1 atom stereocenters.